The summed E-state index contributed by atoms with van der Waals surface area (Å²) in [5, 5.41) is 11.9. The van der Waals surface area contributed by atoms with Gasteiger partial charge in [-0.25, -0.2) is 0 Å². The molecule has 0 radical (unpaired) electrons. The highest BCUT2D eigenvalue weighted by molar-refractivity contribution is 5.80. The normalized spacial score (nSPS) is 20.1. The van der Waals surface area contributed by atoms with E-state index in [1.54, 1.807) is 25.3 Å². The molecule has 0 aliphatic carbocycles. The van der Waals surface area contributed by atoms with Crippen molar-refractivity contribution in [3.63, 3.8) is 0 Å². The van der Waals surface area contributed by atoms with Crippen molar-refractivity contribution in [1.82, 2.24) is 5.32 Å². The van der Waals surface area contributed by atoms with Crippen molar-refractivity contribution in [2.45, 2.75) is 24.8 Å². The highest BCUT2D eigenvalue weighted by Crippen LogP contribution is 2.28. The van der Waals surface area contributed by atoms with Gasteiger partial charge in [0.2, 0.25) is 5.91 Å². The average molecular weight is 323 g/mol. The van der Waals surface area contributed by atoms with E-state index in [1.165, 1.54) is 7.11 Å². The monoisotopic (exact) mass is 323 g/mol. The molecule has 1 aliphatic rings. The van der Waals surface area contributed by atoms with Crippen molar-refractivity contribution in [2.75, 3.05) is 27.4 Å². The topological polar surface area (TPSA) is 94.1 Å². The first-order valence-corrected chi connectivity index (χ1v) is 7.29. The Kier molecular flexibility index (Phi) is 5.44. The van der Waals surface area contributed by atoms with E-state index in [-0.39, 0.29) is 25.4 Å². The lowest BCUT2D eigenvalue weighted by atomic mass is 9.94. The molecule has 1 aromatic carbocycles. The molecule has 1 heterocycles. The fraction of sp³-hybridized carbons (Fsp3) is 0.500. The fourth-order valence-corrected chi connectivity index (χ4v) is 2.69. The molecule has 126 valence electrons. The number of hydrogen-bond acceptors (Lipinski definition) is 5. The van der Waals surface area contributed by atoms with Gasteiger partial charge in [-0.1, -0.05) is 6.07 Å². The minimum Gasteiger partial charge on any atom is -0.493 e. The van der Waals surface area contributed by atoms with E-state index in [2.05, 4.69) is 5.32 Å². The fourth-order valence-electron chi connectivity index (χ4n) is 2.69. The van der Waals surface area contributed by atoms with Crippen LogP contribution in [0.2, 0.25) is 0 Å². The zero-order valence-corrected chi connectivity index (χ0v) is 13.3. The molecule has 7 heteroatoms. The molecule has 1 amide bonds. The van der Waals surface area contributed by atoms with Crippen LogP contribution in [0.1, 0.15) is 18.4 Å². The summed E-state index contributed by atoms with van der Waals surface area (Å²) in [6, 6.07) is 5.23. The summed E-state index contributed by atoms with van der Waals surface area (Å²) in [5.41, 5.74) is -0.0658. The van der Waals surface area contributed by atoms with Gasteiger partial charge in [-0.3, -0.25) is 9.59 Å². The Hall–Kier alpha value is -2.28. The van der Waals surface area contributed by atoms with Gasteiger partial charge in [-0.05, 0) is 24.1 Å². The predicted molar refractivity (Wildman–Crippen MR) is 81.8 cm³/mol. The molecule has 1 aromatic rings. The van der Waals surface area contributed by atoms with Crippen LogP contribution in [0, 0.1) is 0 Å². The summed E-state index contributed by atoms with van der Waals surface area (Å²) >= 11 is 0. The molecule has 1 saturated heterocycles. The minimum absolute atomic E-state index is 0.127. The first-order chi connectivity index (χ1) is 11.0. The van der Waals surface area contributed by atoms with Gasteiger partial charge in [0.25, 0.3) is 0 Å². The molecular weight excluding hydrogens is 302 g/mol. The predicted octanol–water partition coefficient (Wildman–Crippen LogP) is 0.996. The number of ether oxygens (including phenoxy) is 3. The minimum atomic E-state index is -0.957. The molecule has 1 aliphatic heterocycles. The van der Waals surface area contributed by atoms with Gasteiger partial charge in [-0.2, -0.15) is 0 Å². The molecule has 0 bridgehead atoms. The lowest BCUT2D eigenvalue weighted by molar-refractivity contribution is -0.139. The van der Waals surface area contributed by atoms with E-state index < -0.39 is 11.5 Å². The van der Waals surface area contributed by atoms with Crippen LogP contribution >= 0.6 is 0 Å². The van der Waals surface area contributed by atoms with Crippen LogP contribution < -0.4 is 14.8 Å². The van der Waals surface area contributed by atoms with Gasteiger partial charge in [0, 0.05) is 6.61 Å². The lowest BCUT2D eigenvalue weighted by Crippen LogP contribution is -2.51. The quantitative estimate of drug-likeness (QED) is 0.777. The van der Waals surface area contributed by atoms with Crippen molar-refractivity contribution >= 4 is 11.9 Å². The number of carboxylic acids is 1. The van der Waals surface area contributed by atoms with Gasteiger partial charge >= 0.3 is 5.97 Å². The van der Waals surface area contributed by atoms with Crippen molar-refractivity contribution < 1.29 is 28.9 Å². The summed E-state index contributed by atoms with van der Waals surface area (Å²) in [6.45, 7) is 0.668. The Morgan fingerprint density at radius 1 is 1.30 bits per heavy atom. The maximum Gasteiger partial charge on any atom is 0.305 e. The highest BCUT2D eigenvalue weighted by atomic mass is 16.5. The third-order valence-corrected chi connectivity index (χ3v) is 3.81. The van der Waals surface area contributed by atoms with Crippen LogP contribution in [0.4, 0.5) is 0 Å². The molecule has 1 atom stereocenters. The van der Waals surface area contributed by atoms with E-state index >= 15 is 0 Å². The number of carbonyl (C=O) groups excluding carboxylic acids is 1. The molecule has 2 N–H and O–H groups in total. The van der Waals surface area contributed by atoms with E-state index in [4.69, 9.17) is 19.3 Å². The van der Waals surface area contributed by atoms with Gasteiger partial charge in [0.15, 0.2) is 11.5 Å². The van der Waals surface area contributed by atoms with Gasteiger partial charge in [0.1, 0.15) is 0 Å². The summed E-state index contributed by atoms with van der Waals surface area (Å²) in [4.78, 5) is 23.3. The van der Waals surface area contributed by atoms with Crippen molar-refractivity contribution in [2.24, 2.45) is 0 Å². The van der Waals surface area contributed by atoms with Crippen molar-refractivity contribution in [1.29, 1.82) is 0 Å². The second kappa shape index (κ2) is 7.32. The lowest BCUT2D eigenvalue weighted by Gasteiger charge is -2.27. The Morgan fingerprint density at radius 2 is 2.04 bits per heavy atom. The highest BCUT2D eigenvalue weighted by Gasteiger charge is 2.38. The standard InChI is InChI=1S/C16H21NO6/c1-21-12-4-3-11(7-13(12)22-2)8-14(18)17-16(9-15(19)20)5-6-23-10-16/h3-4,7H,5-6,8-10H2,1-2H3,(H,17,18)(H,19,20). The molecule has 0 aromatic heterocycles. The second-order valence-corrected chi connectivity index (χ2v) is 5.57. The van der Waals surface area contributed by atoms with Gasteiger partial charge in [-0.15, -0.1) is 0 Å². The molecule has 0 spiro atoms. The number of methoxy groups -OCH3 is 2. The third kappa shape index (κ3) is 4.35. The first-order valence-electron chi connectivity index (χ1n) is 7.29. The Balaban J connectivity index is 2.05. The Labute approximate surface area is 134 Å². The van der Waals surface area contributed by atoms with Crippen LogP contribution in [0.3, 0.4) is 0 Å². The number of amides is 1. The molecule has 1 unspecified atom stereocenters. The van der Waals surface area contributed by atoms with Crippen molar-refractivity contribution in [3.8, 4) is 11.5 Å². The maximum atomic E-state index is 12.3. The number of rotatable bonds is 7. The number of benzene rings is 1. The second-order valence-electron chi connectivity index (χ2n) is 5.57. The van der Waals surface area contributed by atoms with E-state index in [0.29, 0.717) is 24.5 Å². The zero-order valence-electron chi connectivity index (χ0n) is 13.3. The van der Waals surface area contributed by atoms with Gasteiger partial charge < -0.3 is 24.6 Å². The first kappa shape index (κ1) is 17.1. The molecule has 0 saturated carbocycles. The molecule has 7 nitrogen and oxygen atoms in total. The zero-order chi connectivity index (χ0) is 16.9. The molecule has 1 fully saturated rings. The summed E-state index contributed by atoms with van der Waals surface area (Å²) in [7, 11) is 3.07. The number of hydrogen-bond donors (Lipinski definition) is 2. The number of carboxylic acid groups (broad SMARTS) is 1. The summed E-state index contributed by atoms with van der Waals surface area (Å²) in [6.07, 6.45) is 0.476. The third-order valence-electron chi connectivity index (χ3n) is 3.81. The summed E-state index contributed by atoms with van der Waals surface area (Å²) in [5.74, 6) is -0.0728. The van der Waals surface area contributed by atoms with Crippen LogP contribution in [-0.4, -0.2) is 50.0 Å². The van der Waals surface area contributed by atoms with Crippen molar-refractivity contribution in [3.05, 3.63) is 23.8 Å². The van der Waals surface area contributed by atoms with E-state index in [9.17, 15) is 9.59 Å². The summed E-state index contributed by atoms with van der Waals surface area (Å²) < 4.78 is 15.6. The molecular formula is C16H21NO6. The SMILES string of the molecule is COc1ccc(CC(=O)NC2(CC(=O)O)CCOC2)cc1OC. The van der Waals surface area contributed by atoms with E-state index in [0.717, 1.165) is 5.56 Å². The van der Waals surface area contributed by atoms with Crippen LogP contribution in [0.15, 0.2) is 18.2 Å². The largest absolute Gasteiger partial charge is 0.493 e. The number of nitrogens with one attached hydrogen (secondary N) is 1. The Morgan fingerprint density at radius 3 is 2.61 bits per heavy atom. The van der Waals surface area contributed by atoms with Crippen LogP contribution in [0.5, 0.6) is 11.5 Å². The average Bonchev–Trinajstić information content (AvgIpc) is 2.93. The number of aliphatic carboxylic acids is 1. The van der Waals surface area contributed by atoms with Crippen LogP contribution in [0.25, 0.3) is 0 Å². The van der Waals surface area contributed by atoms with E-state index in [1.807, 2.05) is 0 Å². The van der Waals surface area contributed by atoms with Gasteiger partial charge in [0.05, 0.1) is 39.2 Å². The number of carbonyl (C=O) groups is 2. The molecule has 2 rings (SSSR count). The smallest absolute Gasteiger partial charge is 0.305 e. The Bertz CT molecular complexity index is 580. The maximum absolute atomic E-state index is 12.3. The molecule has 23 heavy (non-hydrogen) atoms. The van der Waals surface area contributed by atoms with Crippen LogP contribution in [-0.2, 0) is 20.7 Å².